The van der Waals surface area contributed by atoms with E-state index < -0.39 is 76.4 Å². The van der Waals surface area contributed by atoms with Crippen molar-refractivity contribution >= 4 is 122 Å². The number of fused-ring (bicyclic) bond motifs is 5. The van der Waals surface area contributed by atoms with E-state index in [4.69, 9.17) is 90.0 Å². The molecule has 13 rings (SSSR count). The van der Waals surface area contributed by atoms with Gasteiger partial charge < -0.3 is 87.6 Å². The number of furan rings is 1. The van der Waals surface area contributed by atoms with Crippen LogP contribution in [0.25, 0.3) is 44.7 Å². The smallest absolute Gasteiger partial charge is 0.405 e. The molecule has 45 nitrogen and oxygen atoms in total. The second kappa shape index (κ2) is 43.6. The number of esters is 2. The fourth-order valence-corrected chi connectivity index (χ4v) is 19.2. The maximum absolute atomic E-state index is 13.6. The summed E-state index contributed by atoms with van der Waals surface area (Å²) in [6.45, 7) is 19.8. The van der Waals surface area contributed by atoms with Crippen LogP contribution in [0.3, 0.4) is 0 Å². The van der Waals surface area contributed by atoms with Crippen LogP contribution in [0.1, 0.15) is 108 Å². The van der Waals surface area contributed by atoms with Gasteiger partial charge in [-0.25, -0.2) is 39.3 Å². The average Bonchev–Trinajstić information content (AvgIpc) is 1.31. The minimum Gasteiger partial charge on any atom is -0.465 e. The number of hydrogen-bond acceptors (Lipinski definition) is 34. The summed E-state index contributed by atoms with van der Waals surface area (Å²) in [5.74, 6) is 1.30. The quantitative estimate of drug-likeness (QED) is 0.00762. The molecule has 1 fully saturated rings. The second-order valence-corrected chi connectivity index (χ2v) is 38.3. The van der Waals surface area contributed by atoms with Crippen LogP contribution in [-0.4, -0.2) is 198 Å². The molecule has 0 amide bonds. The summed E-state index contributed by atoms with van der Waals surface area (Å²) < 4.78 is 127. The van der Waals surface area contributed by atoms with Gasteiger partial charge in [0.25, 0.3) is 29.8 Å². The summed E-state index contributed by atoms with van der Waals surface area (Å²) in [5, 5.41) is 5.38. The Labute approximate surface area is 714 Å². The summed E-state index contributed by atoms with van der Waals surface area (Å²) >= 11 is 5.76. The third kappa shape index (κ3) is 26.2. The Hall–Kier alpha value is -10.2. The standard InChI is InChI=1S/C19H28ClN6O5P.C19H24N5O5P.C18H30N7O7P.C18H22N5O5P/c1-14-5-6-15(31-14)11-30-32(28,25(2)8-4-3-7-20)13-29-10-9-26-12-22-16-17(26)23-19(21)24-18(16)27;1-19(2,3)13-6-4-5-12-9-28-30(26,29-15(12)13)11-27-8-7-24-10-21-14-16(24)22-18(20)23-17(14)25;1-5-31-16(27)11(3)23-33(29,24-12(4)17(28)32-6-2)10-30-8-7-25-9-20-13-14(25)21-18(19)22-15(13)26;1-12-3-2-4-13(9-12)14-5-7-27-29(25,28-14)11-26-8-6-23-10-20-15-16(23)21-18(19)22-17(15)24/h5-6,12H,3-4,7-11,13H2,1-2H3,(H3,21,23,24,27);4-6,10H,7-9,11H2,1-3H3,(H3,20,22,23,25);9,11-12H,5-8,10H2,1-4H3,(H2,23,24,29)(H3,19,21,22,26);2-4,9-10,14H,5-8,11H2,1H3,(H3,19,21,22,24). The van der Waals surface area contributed by atoms with Crippen molar-refractivity contribution in [2.45, 2.75) is 145 Å². The first-order valence-corrected chi connectivity index (χ1v) is 46.9. The molecular formula is C74H104ClN23O22P4. The molecule has 50 heteroatoms. The van der Waals surface area contributed by atoms with Crippen LogP contribution in [0.15, 0.2) is 104 Å². The minimum atomic E-state index is -3.60. The number of carbonyl (C=O) groups excluding carboxylic acids is 2. The molecule has 6 atom stereocenters. The number of aryl methyl sites for hydroxylation is 2. The summed E-state index contributed by atoms with van der Waals surface area (Å²) in [7, 11) is -11.9. The van der Waals surface area contributed by atoms with Crippen LogP contribution in [0.5, 0.6) is 5.75 Å². The van der Waals surface area contributed by atoms with Gasteiger partial charge in [0, 0.05) is 56.2 Å². The number of aromatic amines is 4. The highest BCUT2D eigenvalue weighted by Crippen LogP contribution is 2.57. The Balaban J connectivity index is 0.000000173. The van der Waals surface area contributed by atoms with Crippen LogP contribution in [0.2, 0.25) is 0 Å². The molecule has 11 heterocycles. The molecule has 0 saturated carbocycles. The van der Waals surface area contributed by atoms with E-state index in [0.717, 1.165) is 40.9 Å². The number of alkyl halides is 1. The highest BCUT2D eigenvalue weighted by Gasteiger charge is 2.38. The molecule has 0 bridgehead atoms. The number of ether oxygens (including phenoxy) is 6. The molecule has 11 aromatic rings. The van der Waals surface area contributed by atoms with Gasteiger partial charge in [-0.05, 0) is 84.5 Å². The SMILES string of the molecule is CC(C)(C)c1cccc2c1OP(=O)(COCCn1cnc3c(=O)[nH]c(N)nc31)OC2.CCOC(=O)C(C)NP(=O)(COCCn1cnc2c(=O)[nH]c(N)nc21)NC(C)C(=O)OCC.Cc1ccc(COP(=O)(COCCn2cnc3c(=O)[nH]c(N)nc32)N(C)CCCCCl)o1.Cc1cccc(C2CCOP(=O)(COCCn3cnc4c(=O)[nH]c(N)nc43)O2)c1. The van der Waals surface area contributed by atoms with Gasteiger partial charge in [0.15, 0.2) is 51.0 Å². The number of para-hydroxylation sites is 1. The molecule has 2 aromatic carbocycles. The van der Waals surface area contributed by atoms with Crippen molar-refractivity contribution in [1.29, 1.82) is 0 Å². The van der Waals surface area contributed by atoms with Crippen LogP contribution >= 0.6 is 41.8 Å². The molecule has 0 radical (unpaired) electrons. The number of benzene rings is 2. The van der Waals surface area contributed by atoms with Gasteiger partial charge >= 0.3 is 27.1 Å². The lowest BCUT2D eigenvalue weighted by Crippen LogP contribution is -2.42. The van der Waals surface area contributed by atoms with E-state index in [9.17, 15) is 47.0 Å². The first kappa shape index (κ1) is 96.0. The van der Waals surface area contributed by atoms with E-state index in [0.29, 0.717) is 73.5 Å². The van der Waals surface area contributed by atoms with E-state index in [1.165, 1.54) is 39.2 Å². The van der Waals surface area contributed by atoms with Crippen LogP contribution < -0.4 is 59.9 Å². The zero-order chi connectivity index (χ0) is 89.7. The van der Waals surface area contributed by atoms with E-state index in [-0.39, 0.29) is 148 Å². The van der Waals surface area contributed by atoms with Crippen molar-refractivity contribution < 1.29 is 83.3 Å². The van der Waals surface area contributed by atoms with E-state index in [1.54, 1.807) is 49.9 Å². The number of halogens is 1. The summed E-state index contributed by atoms with van der Waals surface area (Å²) in [5.41, 5.74) is 26.6. The number of nitrogens with one attached hydrogen (secondary N) is 6. The first-order valence-electron chi connectivity index (χ1n) is 39.2. The number of nitrogens with zero attached hydrogens (tertiary/aromatic N) is 13. The average molecular weight is 1830 g/mol. The van der Waals surface area contributed by atoms with Crippen molar-refractivity contribution in [3.05, 3.63) is 155 Å². The highest BCUT2D eigenvalue weighted by molar-refractivity contribution is 7.59. The molecule has 0 aliphatic carbocycles. The van der Waals surface area contributed by atoms with Gasteiger partial charge in [-0.2, -0.15) is 19.9 Å². The zero-order valence-electron chi connectivity index (χ0n) is 70.1. The zero-order valence-corrected chi connectivity index (χ0v) is 74.4. The number of anilines is 4. The summed E-state index contributed by atoms with van der Waals surface area (Å²) in [6.07, 6.45) is 7.03. The summed E-state index contributed by atoms with van der Waals surface area (Å²) in [6, 6.07) is 15.5. The highest BCUT2D eigenvalue weighted by atomic mass is 35.5. The Morgan fingerprint density at radius 2 is 1.10 bits per heavy atom. The molecule has 14 N–H and O–H groups in total. The number of aromatic nitrogens is 16. The van der Waals surface area contributed by atoms with Crippen molar-refractivity contribution in [2.24, 2.45) is 0 Å². The van der Waals surface area contributed by atoms with E-state index in [1.807, 2.05) is 62.4 Å². The Bertz CT molecular complexity index is 5910. The topological polar surface area (TPSA) is 603 Å². The fourth-order valence-electron chi connectivity index (χ4n) is 12.4. The Morgan fingerprint density at radius 1 is 0.637 bits per heavy atom. The van der Waals surface area contributed by atoms with Crippen LogP contribution in [-0.2, 0) is 119 Å². The van der Waals surface area contributed by atoms with Gasteiger partial charge in [0.05, 0.1) is 84.3 Å². The van der Waals surface area contributed by atoms with Gasteiger partial charge in [0.1, 0.15) is 55.0 Å². The largest absolute Gasteiger partial charge is 0.465 e. The lowest BCUT2D eigenvalue weighted by atomic mass is 9.85. The minimum absolute atomic E-state index is 0.00908. The van der Waals surface area contributed by atoms with Gasteiger partial charge in [-0.3, -0.25) is 71.4 Å². The number of unbranched alkanes of at least 4 members (excludes halogenated alkanes) is 1. The normalized spacial score (nSPS) is 17.3. The number of hydrogen-bond donors (Lipinski definition) is 10. The monoisotopic (exact) mass is 1830 g/mol. The van der Waals surface area contributed by atoms with Gasteiger partial charge in [-0.15, -0.1) is 11.6 Å². The number of rotatable bonds is 37. The predicted molar refractivity (Wildman–Crippen MR) is 459 cm³/mol. The molecule has 9 aromatic heterocycles. The third-order valence-electron chi connectivity index (χ3n) is 18.5. The number of carbonyl (C=O) groups is 2. The number of imidazole rings is 4. The van der Waals surface area contributed by atoms with Crippen LogP contribution in [0.4, 0.5) is 23.8 Å². The Kier molecular flexibility index (Phi) is 33.8. The molecule has 2 aliphatic heterocycles. The predicted octanol–water partition coefficient (Wildman–Crippen LogP) is 8.02. The van der Waals surface area contributed by atoms with E-state index >= 15 is 0 Å². The molecule has 124 heavy (non-hydrogen) atoms. The Morgan fingerprint density at radius 3 is 1.54 bits per heavy atom. The van der Waals surface area contributed by atoms with Crippen molar-refractivity contribution in [1.82, 2.24) is 92.9 Å². The molecular weight excluding hydrogens is 1720 g/mol. The molecule has 0 spiro atoms. The van der Waals surface area contributed by atoms with Crippen molar-refractivity contribution in [2.75, 3.05) is 114 Å². The molecule has 1 saturated heterocycles. The van der Waals surface area contributed by atoms with Crippen molar-refractivity contribution in [3.63, 3.8) is 0 Å². The van der Waals surface area contributed by atoms with Crippen LogP contribution in [0, 0.1) is 13.8 Å². The van der Waals surface area contributed by atoms with Crippen molar-refractivity contribution in [3.8, 4) is 5.75 Å². The maximum Gasteiger partial charge on any atom is 0.405 e. The third-order valence-corrected chi connectivity index (χ3v) is 26.3. The molecule has 2 aliphatic rings. The number of nitrogen functional groups attached to an aromatic ring is 4. The first-order chi connectivity index (χ1) is 59.0. The number of H-pyrrole nitrogens is 4. The lowest BCUT2D eigenvalue weighted by Gasteiger charge is -2.31. The van der Waals surface area contributed by atoms with Gasteiger partial charge in [-0.1, -0.05) is 68.8 Å². The van der Waals surface area contributed by atoms with Gasteiger partial charge in [0.2, 0.25) is 31.2 Å². The maximum atomic E-state index is 13.6. The molecule has 6 unspecified atom stereocenters. The second-order valence-electron chi connectivity index (χ2n) is 29.3. The van der Waals surface area contributed by atoms with E-state index in [2.05, 4.69) is 90.8 Å². The molecule has 674 valence electrons. The number of nitrogens with two attached hydrogens (primary N) is 4. The summed E-state index contributed by atoms with van der Waals surface area (Å²) in [4.78, 5) is 113. The lowest BCUT2D eigenvalue weighted by molar-refractivity contribution is -0.145. The fraction of sp³-hybridized carbons (Fsp3) is 0.486.